The molecule has 0 aliphatic carbocycles. The molecule has 0 saturated heterocycles. The van der Waals surface area contributed by atoms with Crippen molar-refractivity contribution in [3.63, 3.8) is 0 Å². The fourth-order valence-corrected chi connectivity index (χ4v) is 3.74. The van der Waals surface area contributed by atoms with Crippen molar-refractivity contribution >= 4 is 17.7 Å². The Kier molecular flexibility index (Phi) is 5.25. The van der Waals surface area contributed by atoms with Gasteiger partial charge >= 0.3 is 0 Å². The summed E-state index contributed by atoms with van der Waals surface area (Å²) in [5.41, 5.74) is 1.43. The molecule has 28 heavy (non-hydrogen) atoms. The van der Waals surface area contributed by atoms with Crippen LogP contribution < -0.4 is 9.47 Å². The van der Waals surface area contributed by atoms with Crippen molar-refractivity contribution in [1.82, 2.24) is 14.5 Å². The number of amides is 1. The molecule has 4 rings (SSSR count). The van der Waals surface area contributed by atoms with Gasteiger partial charge < -0.3 is 14.4 Å². The van der Waals surface area contributed by atoms with Crippen molar-refractivity contribution in [2.75, 3.05) is 26.5 Å². The number of ether oxygens (including phenoxy) is 2. The number of hydrogen-bond acceptors (Lipinski definition) is 5. The number of thioether (sulfide) groups is 1. The molecule has 2 aromatic carbocycles. The minimum Gasteiger partial charge on any atom is -0.486 e. The first-order valence-electron chi connectivity index (χ1n) is 8.98. The zero-order valence-corrected chi connectivity index (χ0v) is 16.6. The molecule has 3 aromatic rings. The molecule has 0 spiro atoms. The van der Waals surface area contributed by atoms with Gasteiger partial charge in [0.25, 0.3) is 5.91 Å². The Hall–Kier alpha value is -2.93. The van der Waals surface area contributed by atoms with Crippen LogP contribution in [-0.4, -0.2) is 52.9 Å². The van der Waals surface area contributed by atoms with Gasteiger partial charge in [-0.25, -0.2) is 4.98 Å². The van der Waals surface area contributed by atoms with Gasteiger partial charge in [-0.3, -0.25) is 9.36 Å². The summed E-state index contributed by atoms with van der Waals surface area (Å²) >= 11 is 1.50. The number of likely N-dealkylation sites (N-methyl/N-ethyl adjacent to an activating group) is 1. The lowest BCUT2D eigenvalue weighted by Crippen LogP contribution is -2.42. The van der Waals surface area contributed by atoms with E-state index in [1.165, 1.54) is 11.8 Å². The highest BCUT2D eigenvalue weighted by Gasteiger charge is 2.26. The fourth-order valence-electron chi connectivity index (χ4n) is 3.19. The number of hydrogen-bond donors (Lipinski definition) is 0. The monoisotopic (exact) mass is 395 g/mol. The minimum atomic E-state index is -0.225. The Balaban J connectivity index is 1.53. The molecule has 1 atom stereocenters. The van der Waals surface area contributed by atoms with E-state index in [-0.39, 0.29) is 12.0 Å². The Morgan fingerprint density at radius 2 is 1.89 bits per heavy atom. The first-order valence-corrected chi connectivity index (χ1v) is 10.2. The summed E-state index contributed by atoms with van der Waals surface area (Å²) in [5, 5.41) is 0.772. The average molecular weight is 395 g/mol. The lowest BCUT2D eigenvalue weighted by molar-refractivity contribution is 0.0515. The molecule has 1 aromatic heterocycles. The Morgan fingerprint density at radius 3 is 2.64 bits per heavy atom. The predicted molar refractivity (Wildman–Crippen MR) is 109 cm³/mol. The van der Waals surface area contributed by atoms with Gasteiger partial charge in [0.05, 0.1) is 12.7 Å². The van der Waals surface area contributed by atoms with E-state index in [9.17, 15) is 4.79 Å². The summed E-state index contributed by atoms with van der Waals surface area (Å²) < 4.78 is 13.6. The van der Waals surface area contributed by atoms with E-state index in [0.717, 1.165) is 16.6 Å². The highest BCUT2D eigenvalue weighted by Crippen LogP contribution is 2.31. The van der Waals surface area contributed by atoms with Crippen molar-refractivity contribution in [3.05, 3.63) is 66.5 Å². The smallest absolute Gasteiger partial charge is 0.272 e. The molecule has 0 saturated carbocycles. The molecule has 1 amide bonds. The first kappa shape index (κ1) is 18.4. The van der Waals surface area contributed by atoms with E-state index in [1.807, 2.05) is 65.4 Å². The number of aromatic nitrogens is 2. The number of rotatable bonds is 5. The normalized spacial score (nSPS) is 15.3. The SMILES string of the molecule is CSc1ncc(C(=O)N(C)CC2COc3ccccc3O2)n1-c1ccccc1. The van der Waals surface area contributed by atoms with Crippen LogP contribution in [0.5, 0.6) is 11.5 Å². The largest absolute Gasteiger partial charge is 0.486 e. The summed E-state index contributed by atoms with van der Waals surface area (Å²) in [6.07, 6.45) is 3.35. The van der Waals surface area contributed by atoms with E-state index >= 15 is 0 Å². The maximum absolute atomic E-state index is 13.1. The number of carbonyl (C=O) groups is 1. The van der Waals surface area contributed by atoms with Crippen LogP contribution in [-0.2, 0) is 0 Å². The van der Waals surface area contributed by atoms with Crippen LogP contribution in [0, 0.1) is 0 Å². The van der Waals surface area contributed by atoms with Crippen LogP contribution in [0.25, 0.3) is 5.69 Å². The molecule has 144 valence electrons. The third kappa shape index (κ3) is 3.57. The van der Waals surface area contributed by atoms with Gasteiger partial charge in [-0.2, -0.15) is 0 Å². The number of fused-ring (bicyclic) bond motifs is 1. The predicted octanol–water partition coefficient (Wildman–Crippen LogP) is 3.51. The Bertz CT molecular complexity index is 974. The Morgan fingerprint density at radius 1 is 1.18 bits per heavy atom. The van der Waals surface area contributed by atoms with Crippen LogP contribution >= 0.6 is 11.8 Å². The number of nitrogens with zero attached hydrogens (tertiary/aromatic N) is 3. The number of imidazole rings is 1. The topological polar surface area (TPSA) is 56.6 Å². The maximum Gasteiger partial charge on any atom is 0.272 e. The van der Waals surface area contributed by atoms with E-state index in [4.69, 9.17) is 9.47 Å². The van der Waals surface area contributed by atoms with Gasteiger partial charge in [0, 0.05) is 12.7 Å². The molecule has 7 heteroatoms. The zero-order valence-electron chi connectivity index (χ0n) is 15.7. The van der Waals surface area contributed by atoms with Gasteiger partial charge in [0.15, 0.2) is 22.8 Å². The summed E-state index contributed by atoms with van der Waals surface area (Å²) in [4.78, 5) is 19.2. The van der Waals surface area contributed by atoms with Gasteiger partial charge in [-0.05, 0) is 30.5 Å². The van der Waals surface area contributed by atoms with Crippen LogP contribution in [0.15, 0.2) is 66.0 Å². The van der Waals surface area contributed by atoms with Crippen molar-refractivity contribution < 1.29 is 14.3 Å². The van der Waals surface area contributed by atoms with Crippen LogP contribution in [0.4, 0.5) is 0 Å². The molecule has 1 aliphatic rings. The van der Waals surface area contributed by atoms with Gasteiger partial charge in [0.1, 0.15) is 12.3 Å². The second-order valence-electron chi connectivity index (χ2n) is 6.48. The standard InChI is InChI=1S/C21H21N3O3S/c1-23(13-16-14-26-18-10-6-7-11-19(18)27-16)20(25)17-12-22-21(28-2)24(17)15-8-4-3-5-9-15/h3-12,16H,13-14H2,1-2H3. The van der Waals surface area contributed by atoms with Crippen molar-refractivity contribution in [2.45, 2.75) is 11.3 Å². The molecular weight excluding hydrogens is 374 g/mol. The quantitative estimate of drug-likeness (QED) is 0.619. The van der Waals surface area contributed by atoms with Crippen LogP contribution in [0.3, 0.4) is 0 Å². The lowest BCUT2D eigenvalue weighted by atomic mass is 10.2. The summed E-state index contributed by atoms with van der Waals surface area (Å²) in [5.74, 6) is 1.33. The van der Waals surface area contributed by atoms with E-state index in [1.54, 1.807) is 18.1 Å². The highest BCUT2D eigenvalue weighted by atomic mass is 32.2. The van der Waals surface area contributed by atoms with Crippen molar-refractivity contribution in [3.8, 4) is 17.2 Å². The summed E-state index contributed by atoms with van der Waals surface area (Å²) in [6.45, 7) is 0.824. The Labute approximate surface area is 168 Å². The third-order valence-corrected chi connectivity index (χ3v) is 5.19. The molecule has 0 fully saturated rings. The minimum absolute atomic E-state index is 0.112. The molecule has 0 N–H and O–H groups in total. The molecule has 1 aliphatic heterocycles. The summed E-state index contributed by atoms with van der Waals surface area (Å²) in [7, 11) is 1.77. The first-order chi connectivity index (χ1) is 13.7. The van der Waals surface area contributed by atoms with Gasteiger partial charge in [-0.1, -0.05) is 42.1 Å². The molecular formula is C21H21N3O3S. The summed E-state index contributed by atoms with van der Waals surface area (Å²) in [6, 6.07) is 17.3. The molecule has 2 heterocycles. The van der Waals surface area contributed by atoms with Gasteiger partial charge in [0.2, 0.25) is 0 Å². The third-order valence-electron chi connectivity index (χ3n) is 4.54. The van der Waals surface area contributed by atoms with Crippen LogP contribution in [0.1, 0.15) is 10.5 Å². The van der Waals surface area contributed by atoms with Crippen LogP contribution in [0.2, 0.25) is 0 Å². The molecule has 0 radical (unpaired) electrons. The van der Waals surface area contributed by atoms with Crippen molar-refractivity contribution in [1.29, 1.82) is 0 Å². The fraction of sp³-hybridized carbons (Fsp3) is 0.238. The van der Waals surface area contributed by atoms with E-state index in [0.29, 0.717) is 24.6 Å². The number of benzene rings is 2. The highest BCUT2D eigenvalue weighted by molar-refractivity contribution is 7.98. The zero-order chi connectivity index (χ0) is 19.5. The lowest BCUT2D eigenvalue weighted by Gasteiger charge is -2.29. The molecule has 1 unspecified atom stereocenters. The number of para-hydroxylation sites is 3. The van der Waals surface area contributed by atoms with E-state index in [2.05, 4.69) is 4.98 Å². The number of carbonyl (C=O) groups excluding carboxylic acids is 1. The van der Waals surface area contributed by atoms with Crippen molar-refractivity contribution in [2.24, 2.45) is 0 Å². The molecule has 6 nitrogen and oxygen atoms in total. The second-order valence-corrected chi connectivity index (χ2v) is 7.26. The maximum atomic E-state index is 13.1. The molecule has 0 bridgehead atoms. The second kappa shape index (κ2) is 7.98. The average Bonchev–Trinajstić information content (AvgIpc) is 3.17. The van der Waals surface area contributed by atoms with Gasteiger partial charge in [-0.15, -0.1) is 0 Å². The van der Waals surface area contributed by atoms with E-state index < -0.39 is 0 Å².